The van der Waals surface area contributed by atoms with Crippen molar-refractivity contribution in [1.29, 1.82) is 0 Å². The van der Waals surface area contributed by atoms with Crippen LogP contribution in [0.3, 0.4) is 0 Å². The molecule has 0 saturated carbocycles. The van der Waals surface area contributed by atoms with E-state index in [1.54, 1.807) is 7.11 Å². The summed E-state index contributed by atoms with van der Waals surface area (Å²) in [6.45, 7) is 7.28. The number of nitrogens with zero attached hydrogens (tertiary/aromatic N) is 1. The van der Waals surface area contributed by atoms with Crippen LogP contribution in [-0.4, -0.2) is 31.6 Å². The predicted molar refractivity (Wildman–Crippen MR) is 79.7 cm³/mol. The van der Waals surface area contributed by atoms with Gasteiger partial charge in [-0.2, -0.15) is 0 Å². The number of nitrogens with two attached hydrogens (primary N) is 1. The Morgan fingerprint density at radius 2 is 2.00 bits per heavy atom. The number of halogens is 1. The van der Waals surface area contributed by atoms with Crippen molar-refractivity contribution in [1.82, 2.24) is 4.90 Å². The van der Waals surface area contributed by atoms with Crippen molar-refractivity contribution in [2.75, 3.05) is 26.7 Å². The fourth-order valence-corrected chi connectivity index (χ4v) is 3.19. The molecule has 2 rings (SSSR count). The summed E-state index contributed by atoms with van der Waals surface area (Å²) in [5.41, 5.74) is 7.04. The first-order chi connectivity index (χ1) is 9.08. The van der Waals surface area contributed by atoms with Gasteiger partial charge in [0, 0.05) is 30.2 Å². The van der Waals surface area contributed by atoms with E-state index in [0.717, 1.165) is 29.4 Å². The lowest BCUT2D eigenvalue weighted by Crippen LogP contribution is -2.32. The first kappa shape index (κ1) is 14.6. The summed E-state index contributed by atoms with van der Waals surface area (Å²) >= 11 is 6.37. The maximum Gasteiger partial charge on any atom is 0.125 e. The molecule has 1 fully saturated rings. The summed E-state index contributed by atoms with van der Waals surface area (Å²) in [5.74, 6) is 2.22. The van der Waals surface area contributed by atoms with Gasteiger partial charge in [0.25, 0.3) is 0 Å². The van der Waals surface area contributed by atoms with Gasteiger partial charge in [0.15, 0.2) is 0 Å². The first-order valence-electron chi connectivity index (χ1n) is 6.85. The normalized spacial score (nSPS) is 25.5. The monoisotopic (exact) mass is 282 g/mol. The Kier molecular flexibility index (Phi) is 4.71. The van der Waals surface area contributed by atoms with Gasteiger partial charge in [-0.15, -0.1) is 0 Å². The summed E-state index contributed by atoms with van der Waals surface area (Å²) in [6.07, 6.45) is 0. The number of ether oxygens (including phenoxy) is 1. The fourth-order valence-electron chi connectivity index (χ4n) is 2.90. The molecule has 0 radical (unpaired) electrons. The van der Waals surface area contributed by atoms with Gasteiger partial charge in [0.2, 0.25) is 0 Å². The molecule has 0 aliphatic carbocycles. The van der Waals surface area contributed by atoms with Crippen LogP contribution >= 0.6 is 11.6 Å². The quantitative estimate of drug-likeness (QED) is 0.923. The number of methoxy groups -OCH3 is 1. The van der Waals surface area contributed by atoms with Crippen LogP contribution in [0.15, 0.2) is 18.2 Å². The highest BCUT2D eigenvalue weighted by Gasteiger charge is 2.33. The molecule has 1 heterocycles. The fraction of sp³-hybridized carbons (Fsp3) is 0.600. The molecule has 0 aromatic heterocycles. The Bertz CT molecular complexity index is 428. The van der Waals surface area contributed by atoms with E-state index in [4.69, 9.17) is 22.1 Å². The van der Waals surface area contributed by atoms with Gasteiger partial charge < -0.3 is 10.5 Å². The van der Waals surface area contributed by atoms with E-state index in [2.05, 4.69) is 18.7 Å². The molecular weight excluding hydrogens is 260 g/mol. The molecule has 1 aromatic carbocycles. The van der Waals surface area contributed by atoms with E-state index in [0.29, 0.717) is 18.4 Å². The zero-order chi connectivity index (χ0) is 14.0. The molecule has 3 nitrogen and oxygen atoms in total. The summed E-state index contributed by atoms with van der Waals surface area (Å²) in [5, 5.41) is 0.738. The Labute approximate surface area is 120 Å². The number of hydrogen-bond donors (Lipinski definition) is 1. The highest BCUT2D eigenvalue weighted by atomic mass is 35.5. The van der Waals surface area contributed by atoms with Crippen LogP contribution in [0, 0.1) is 11.8 Å². The topological polar surface area (TPSA) is 38.5 Å². The second kappa shape index (κ2) is 6.12. The highest BCUT2D eigenvalue weighted by molar-refractivity contribution is 6.31. The van der Waals surface area contributed by atoms with Crippen molar-refractivity contribution >= 4 is 11.6 Å². The molecule has 0 bridgehead atoms. The third-order valence-corrected chi connectivity index (χ3v) is 4.58. The average molecular weight is 283 g/mol. The molecule has 106 valence electrons. The molecule has 3 atom stereocenters. The Morgan fingerprint density at radius 3 is 2.53 bits per heavy atom. The Hall–Kier alpha value is -0.770. The summed E-state index contributed by atoms with van der Waals surface area (Å²) < 4.78 is 5.46. The standard InChI is InChI=1S/C15H23ClN2O/c1-10-8-18(9-11(10)2)13(7-17)15-12(16)5-4-6-14(15)19-3/h4-6,10-11,13H,7-9,17H2,1-3H3. The largest absolute Gasteiger partial charge is 0.496 e. The van der Waals surface area contributed by atoms with Crippen molar-refractivity contribution in [3.05, 3.63) is 28.8 Å². The van der Waals surface area contributed by atoms with Gasteiger partial charge in [0.05, 0.1) is 13.2 Å². The maximum absolute atomic E-state index is 6.37. The average Bonchev–Trinajstić information content (AvgIpc) is 2.72. The van der Waals surface area contributed by atoms with Crippen LogP contribution in [0.4, 0.5) is 0 Å². The number of hydrogen-bond acceptors (Lipinski definition) is 3. The van der Waals surface area contributed by atoms with E-state index in [-0.39, 0.29) is 6.04 Å². The minimum Gasteiger partial charge on any atom is -0.496 e. The summed E-state index contributed by atoms with van der Waals surface area (Å²) in [6, 6.07) is 5.90. The SMILES string of the molecule is COc1cccc(Cl)c1C(CN)N1CC(C)C(C)C1. The molecule has 1 aliphatic heterocycles. The second-order valence-electron chi connectivity index (χ2n) is 5.52. The zero-order valence-corrected chi connectivity index (χ0v) is 12.7. The third kappa shape index (κ3) is 2.88. The van der Waals surface area contributed by atoms with Crippen molar-refractivity contribution < 1.29 is 4.74 Å². The number of rotatable bonds is 4. The first-order valence-corrected chi connectivity index (χ1v) is 7.22. The molecule has 1 aromatic rings. The lowest BCUT2D eigenvalue weighted by molar-refractivity contribution is 0.234. The van der Waals surface area contributed by atoms with Gasteiger partial charge in [-0.25, -0.2) is 0 Å². The molecule has 4 heteroatoms. The minimum absolute atomic E-state index is 0.135. The van der Waals surface area contributed by atoms with Crippen LogP contribution in [0.2, 0.25) is 5.02 Å². The molecule has 1 saturated heterocycles. The van der Waals surface area contributed by atoms with Crippen LogP contribution in [0.25, 0.3) is 0 Å². The molecule has 3 unspecified atom stereocenters. The Morgan fingerprint density at radius 1 is 1.37 bits per heavy atom. The number of likely N-dealkylation sites (tertiary alicyclic amines) is 1. The van der Waals surface area contributed by atoms with Crippen LogP contribution in [0.1, 0.15) is 25.5 Å². The number of benzene rings is 1. The van der Waals surface area contributed by atoms with Gasteiger partial charge in [-0.1, -0.05) is 31.5 Å². The zero-order valence-electron chi connectivity index (χ0n) is 11.9. The van der Waals surface area contributed by atoms with Crippen LogP contribution < -0.4 is 10.5 Å². The van der Waals surface area contributed by atoms with Gasteiger partial charge in [-0.3, -0.25) is 4.90 Å². The highest BCUT2D eigenvalue weighted by Crippen LogP contribution is 2.38. The van der Waals surface area contributed by atoms with E-state index in [1.807, 2.05) is 18.2 Å². The summed E-state index contributed by atoms with van der Waals surface area (Å²) in [4.78, 5) is 2.43. The minimum atomic E-state index is 0.135. The van der Waals surface area contributed by atoms with Crippen LogP contribution in [0.5, 0.6) is 5.75 Å². The molecular formula is C15H23ClN2O. The van der Waals surface area contributed by atoms with Crippen LogP contribution in [-0.2, 0) is 0 Å². The smallest absolute Gasteiger partial charge is 0.125 e. The molecule has 0 spiro atoms. The summed E-state index contributed by atoms with van der Waals surface area (Å²) in [7, 11) is 1.68. The maximum atomic E-state index is 6.37. The van der Waals surface area contributed by atoms with E-state index in [1.165, 1.54) is 0 Å². The van der Waals surface area contributed by atoms with E-state index >= 15 is 0 Å². The van der Waals surface area contributed by atoms with Gasteiger partial charge in [-0.05, 0) is 24.0 Å². The second-order valence-corrected chi connectivity index (χ2v) is 5.92. The molecule has 0 amide bonds. The molecule has 19 heavy (non-hydrogen) atoms. The van der Waals surface area contributed by atoms with Gasteiger partial charge >= 0.3 is 0 Å². The predicted octanol–water partition coefficient (Wildman–Crippen LogP) is 2.94. The van der Waals surface area contributed by atoms with Crippen molar-refractivity contribution in [3.63, 3.8) is 0 Å². The molecule has 1 aliphatic rings. The third-order valence-electron chi connectivity index (χ3n) is 4.25. The van der Waals surface area contributed by atoms with Gasteiger partial charge in [0.1, 0.15) is 5.75 Å². The van der Waals surface area contributed by atoms with Crippen molar-refractivity contribution in [2.24, 2.45) is 17.6 Å². The lowest BCUT2D eigenvalue weighted by Gasteiger charge is -2.29. The van der Waals surface area contributed by atoms with E-state index < -0.39 is 0 Å². The van der Waals surface area contributed by atoms with Crippen molar-refractivity contribution in [3.8, 4) is 5.75 Å². The Balaban J connectivity index is 2.32. The molecule has 2 N–H and O–H groups in total. The van der Waals surface area contributed by atoms with Crippen molar-refractivity contribution in [2.45, 2.75) is 19.9 Å². The van der Waals surface area contributed by atoms with E-state index in [9.17, 15) is 0 Å². The lowest BCUT2D eigenvalue weighted by atomic mass is 10.0.